The molecule has 102 valence electrons. The molecule has 0 bridgehead atoms. The topological polar surface area (TPSA) is 55.9 Å². The Morgan fingerprint density at radius 2 is 2.11 bits per heavy atom. The number of aryl methyl sites for hydroxylation is 3. The van der Waals surface area contributed by atoms with Crippen molar-refractivity contribution in [3.8, 4) is 0 Å². The van der Waals surface area contributed by atoms with Crippen molar-refractivity contribution >= 4 is 0 Å². The molecule has 1 atom stereocenters. The molecule has 0 fully saturated rings. The zero-order valence-electron chi connectivity index (χ0n) is 11.4. The molecule has 1 heterocycles. The lowest BCUT2D eigenvalue weighted by Gasteiger charge is -2.18. The molecule has 3 N–H and O–H groups in total. The van der Waals surface area contributed by atoms with E-state index in [9.17, 15) is 4.39 Å². The van der Waals surface area contributed by atoms with E-state index in [1.807, 2.05) is 31.6 Å². The molecule has 2 rings (SSSR count). The summed E-state index contributed by atoms with van der Waals surface area (Å²) in [5.74, 6) is 5.38. The highest BCUT2D eigenvalue weighted by Gasteiger charge is 2.16. The maximum atomic E-state index is 13.4. The van der Waals surface area contributed by atoms with Crippen LogP contribution < -0.4 is 11.3 Å². The van der Waals surface area contributed by atoms with Gasteiger partial charge < -0.3 is 0 Å². The third-order valence-electron chi connectivity index (χ3n) is 3.33. The van der Waals surface area contributed by atoms with Crippen molar-refractivity contribution in [3.63, 3.8) is 0 Å². The number of rotatable bonds is 4. The summed E-state index contributed by atoms with van der Waals surface area (Å²) >= 11 is 0. The van der Waals surface area contributed by atoms with Crippen molar-refractivity contribution in [2.45, 2.75) is 26.3 Å². The summed E-state index contributed by atoms with van der Waals surface area (Å²) in [5.41, 5.74) is 6.68. The molecule has 1 aromatic heterocycles. The third kappa shape index (κ3) is 3.00. The normalized spacial score (nSPS) is 12.7. The fraction of sp³-hybridized carbons (Fsp3) is 0.357. The Morgan fingerprint density at radius 3 is 2.68 bits per heavy atom. The number of hydrogen-bond acceptors (Lipinski definition) is 3. The van der Waals surface area contributed by atoms with Crippen molar-refractivity contribution in [1.82, 2.24) is 15.2 Å². The Hall–Kier alpha value is -1.72. The molecule has 19 heavy (non-hydrogen) atoms. The highest BCUT2D eigenvalue weighted by atomic mass is 19.1. The Kier molecular flexibility index (Phi) is 3.97. The van der Waals surface area contributed by atoms with Crippen LogP contribution in [0.1, 0.15) is 28.6 Å². The Bertz CT molecular complexity index is 577. The quantitative estimate of drug-likeness (QED) is 0.654. The number of hydrogen-bond donors (Lipinski definition) is 2. The number of hydrazine groups is 1. The maximum absolute atomic E-state index is 13.4. The Labute approximate surface area is 112 Å². The molecule has 0 spiro atoms. The van der Waals surface area contributed by atoms with Gasteiger partial charge in [0.2, 0.25) is 0 Å². The number of benzene rings is 1. The van der Waals surface area contributed by atoms with E-state index >= 15 is 0 Å². The predicted molar refractivity (Wildman–Crippen MR) is 72.9 cm³/mol. The largest absolute Gasteiger partial charge is 0.272 e. The summed E-state index contributed by atoms with van der Waals surface area (Å²) in [6.45, 7) is 3.90. The van der Waals surface area contributed by atoms with E-state index in [0.29, 0.717) is 6.42 Å². The van der Waals surface area contributed by atoms with E-state index in [1.54, 1.807) is 6.07 Å². The standard InChI is InChI=1S/C14H19FN4/c1-9-4-5-11(15)7-13(9)14(17-16)8-12-6-10(2)18-19(12)3/h4-7,14,17H,8,16H2,1-3H3. The van der Waals surface area contributed by atoms with Crippen molar-refractivity contribution in [2.75, 3.05) is 0 Å². The number of nitrogens with two attached hydrogens (primary N) is 1. The first-order chi connectivity index (χ1) is 9.01. The van der Waals surface area contributed by atoms with Crippen LogP contribution in [0.2, 0.25) is 0 Å². The first-order valence-electron chi connectivity index (χ1n) is 6.23. The number of aromatic nitrogens is 2. The molecule has 0 radical (unpaired) electrons. The van der Waals surface area contributed by atoms with Crippen LogP contribution in [0.3, 0.4) is 0 Å². The van der Waals surface area contributed by atoms with Gasteiger partial charge >= 0.3 is 0 Å². The van der Waals surface area contributed by atoms with Gasteiger partial charge in [0, 0.05) is 19.2 Å². The molecule has 4 nitrogen and oxygen atoms in total. The van der Waals surface area contributed by atoms with E-state index in [0.717, 1.165) is 22.5 Å². The maximum Gasteiger partial charge on any atom is 0.123 e. The van der Waals surface area contributed by atoms with Crippen LogP contribution in [-0.4, -0.2) is 9.78 Å². The molecule has 1 aromatic carbocycles. The van der Waals surface area contributed by atoms with Crippen LogP contribution in [-0.2, 0) is 13.5 Å². The fourth-order valence-corrected chi connectivity index (χ4v) is 2.31. The molecule has 0 saturated heterocycles. The molecule has 5 heteroatoms. The van der Waals surface area contributed by atoms with Crippen molar-refractivity contribution in [2.24, 2.45) is 12.9 Å². The Morgan fingerprint density at radius 1 is 1.37 bits per heavy atom. The number of nitrogens with one attached hydrogen (secondary N) is 1. The number of nitrogens with zero attached hydrogens (tertiary/aromatic N) is 2. The minimum atomic E-state index is -0.248. The lowest BCUT2D eigenvalue weighted by Crippen LogP contribution is -2.30. The van der Waals surface area contributed by atoms with E-state index < -0.39 is 0 Å². The van der Waals surface area contributed by atoms with E-state index in [2.05, 4.69) is 10.5 Å². The van der Waals surface area contributed by atoms with E-state index in [-0.39, 0.29) is 11.9 Å². The average molecular weight is 262 g/mol. The summed E-state index contributed by atoms with van der Waals surface area (Å²) in [5, 5.41) is 4.31. The van der Waals surface area contributed by atoms with Crippen LogP contribution in [0.15, 0.2) is 24.3 Å². The van der Waals surface area contributed by atoms with Gasteiger partial charge in [-0.25, -0.2) is 4.39 Å². The molecule has 0 aliphatic carbocycles. The summed E-state index contributed by atoms with van der Waals surface area (Å²) in [7, 11) is 1.90. The molecule has 0 amide bonds. The molecular formula is C14H19FN4. The summed E-state index contributed by atoms with van der Waals surface area (Å²) in [6.07, 6.45) is 0.665. The molecule has 1 unspecified atom stereocenters. The molecule has 2 aromatic rings. The van der Waals surface area contributed by atoms with Gasteiger partial charge in [-0.1, -0.05) is 6.07 Å². The van der Waals surface area contributed by atoms with Gasteiger partial charge in [-0.15, -0.1) is 0 Å². The molecule has 0 aliphatic heterocycles. The van der Waals surface area contributed by atoms with Crippen molar-refractivity contribution in [3.05, 3.63) is 52.6 Å². The Balaban J connectivity index is 2.30. The first-order valence-corrected chi connectivity index (χ1v) is 6.23. The van der Waals surface area contributed by atoms with Crippen molar-refractivity contribution < 1.29 is 4.39 Å². The first kappa shape index (κ1) is 13.7. The molecular weight excluding hydrogens is 243 g/mol. The zero-order chi connectivity index (χ0) is 14.0. The second-order valence-corrected chi connectivity index (χ2v) is 4.82. The van der Waals surface area contributed by atoms with Gasteiger partial charge in [-0.2, -0.15) is 5.10 Å². The smallest absolute Gasteiger partial charge is 0.123 e. The predicted octanol–water partition coefficient (Wildman–Crippen LogP) is 1.92. The molecule has 0 saturated carbocycles. The highest BCUT2D eigenvalue weighted by molar-refractivity contribution is 5.30. The van der Waals surface area contributed by atoms with Gasteiger partial charge in [0.15, 0.2) is 0 Å². The lowest BCUT2D eigenvalue weighted by atomic mass is 9.97. The van der Waals surface area contributed by atoms with Crippen molar-refractivity contribution in [1.29, 1.82) is 0 Å². The van der Waals surface area contributed by atoms with Crippen LogP contribution in [0.4, 0.5) is 4.39 Å². The SMILES string of the molecule is Cc1cc(CC(NN)c2cc(F)ccc2C)n(C)n1. The number of halogens is 1. The minimum Gasteiger partial charge on any atom is -0.272 e. The monoisotopic (exact) mass is 262 g/mol. The summed E-state index contributed by atoms with van der Waals surface area (Å²) in [4.78, 5) is 0. The van der Waals surface area contributed by atoms with Gasteiger partial charge in [-0.3, -0.25) is 16.0 Å². The van der Waals surface area contributed by atoms with Crippen LogP contribution in [0.5, 0.6) is 0 Å². The third-order valence-corrected chi connectivity index (χ3v) is 3.33. The van der Waals surface area contributed by atoms with Gasteiger partial charge in [-0.05, 0) is 43.2 Å². The molecule has 0 aliphatic rings. The van der Waals surface area contributed by atoms with Crippen LogP contribution in [0.25, 0.3) is 0 Å². The summed E-state index contributed by atoms with van der Waals surface area (Å²) < 4.78 is 15.2. The second kappa shape index (κ2) is 5.50. The van der Waals surface area contributed by atoms with Crippen LogP contribution in [0, 0.1) is 19.7 Å². The van der Waals surface area contributed by atoms with E-state index in [4.69, 9.17) is 5.84 Å². The lowest BCUT2D eigenvalue weighted by molar-refractivity contribution is 0.522. The summed E-state index contributed by atoms with van der Waals surface area (Å²) in [6, 6.07) is 6.64. The average Bonchev–Trinajstić information content (AvgIpc) is 2.68. The minimum absolute atomic E-state index is 0.134. The van der Waals surface area contributed by atoms with Gasteiger partial charge in [0.1, 0.15) is 5.82 Å². The van der Waals surface area contributed by atoms with Gasteiger partial charge in [0.25, 0.3) is 0 Å². The van der Waals surface area contributed by atoms with E-state index in [1.165, 1.54) is 12.1 Å². The van der Waals surface area contributed by atoms with Crippen LogP contribution >= 0.6 is 0 Å². The fourth-order valence-electron chi connectivity index (χ4n) is 2.31. The second-order valence-electron chi connectivity index (χ2n) is 4.82. The van der Waals surface area contributed by atoms with Gasteiger partial charge in [0.05, 0.1) is 11.7 Å². The highest BCUT2D eigenvalue weighted by Crippen LogP contribution is 2.22. The zero-order valence-corrected chi connectivity index (χ0v) is 11.4.